The molecule has 3 rings (SSSR count). The van der Waals surface area contributed by atoms with Crippen LogP contribution in [0.2, 0.25) is 0 Å². The summed E-state index contributed by atoms with van der Waals surface area (Å²) in [4.78, 5) is 12.2. The number of anilines is 2. The molecule has 0 saturated heterocycles. The minimum absolute atomic E-state index is 0.176. The fraction of sp³-hybridized carbons (Fsp3) is 0.105. The average molecular weight is 308 g/mol. The van der Waals surface area contributed by atoms with E-state index >= 15 is 0 Å². The average Bonchev–Trinajstić information content (AvgIpc) is 2.56. The molecule has 0 aliphatic rings. The standard InChI is InChI=1S/C19H17FN2O/c1-13(19(23)22-17-10-7-16(20)8-11-17)21-18-9-6-14-4-2-3-5-15(14)12-18/h2-13,21H,1H3,(H,22,23)/t13-/m0/s1. The van der Waals surface area contributed by atoms with E-state index in [2.05, 4.69) is 10.6 Å². The topological polar surface area (TPSA) is 41.1 Å². The summed E-state index contributed by atoms with van der Waals surface area (Å²) in [6.07, 6.45) is 0. The van der Waals surface area contributed by atoms with Gasteiger partial charge in [0.15, 0.2) is 0 Å². The van der Waals surface area contributed by atoms with E-state index < -0.39 is 6.04 Å². The molecule has 0 aliphatic heterocycles. The van der Waals surface area contributed by atoms with Crippen LogP contribution in [-0.2, 0) is 4.79 Å². The molecule has 0 aromatic heterocycles. The normalized spacial score (nSPS) is 11.9. The molecule has 2 N–H and O–H groups in total. The van der Waals surface area contributed by atoms with Crippen LogP contribution in [0.3, 0.4) is 0 Å². The highest BCUT2D eigenvalue weighted by molar-refractivity contribution is 5.96. The molecule has 116 valence electrons. The maximum Gasteiger partial charge on any atom is 0.246 e. The van der Waals surface area contributed by atoms with Crippen LogP contribution < -0.4 is 10.6 Å². The second-order valence-electron chi connectivity index (χ2n) is 5.42. The molecule has 0 aliphatic carbocycles. The largest absolute Gasteiger partial charge is 0.374 e. The Bertz CT molecular complexity index is 830. The van der Waals surface area contributed by atoms with E-state index in [-0.39, 0.29) is 11.7 Å². The van der Waals surface area contributed by atoms with Gasteiger partial charge in [-0.2, -0.15) is 0 Å². The Kier molecular flexibility index (Phi) is 4.24. The Labute approximate surface area is 134 Å². The minimum Gasteiger partial charge on any atom is -0.374 e. The summed E-state index contributed by atoms with van der Waals surface area (Å²) in [6.45, 7) is 1.79. The number of halogens is 1. The van der Waals surface area contributed by atoms with Gasteiger partial charge in [-0.05, 0) is 54.1 Å². The summed E-state index contributed by atoms with van der Waals surface area (Å²) in [5, 5.41) is 8.21. The van der Waals surface area contributed by atoms with Crippen LogP contribution >= 0.6 is 0 Å². The molecule has 1 atom stereocenters. The Morgan fingerprint density at radius 2 is 1.57 bits per heavy atom. The molecule has 3 aromatic carbocycles. The molecule has 3 aromatic rings. The lowest BCUT2D eigenvalue weighted by Gasteiger charge is -2.16. The molecule has 4 heteroatoms. The first-order chi connectivity index (χ1) is 11.1. The second-order valence-corrected chi connectivity index (χ2v) is 5.42. The monoisotopic (exact) mass is 308 g/mol. The van der Waals surface area contributed by atoms with Crippen LogP contribution in [0.25, 0.3) is 10.8 Å². The molecule has 0 saturated carbocycles. The van der Waals surface area contributed by atoms with Gasteiger partial charge in [-0.15, -0.1) is 0 Å². The van der Waals surface area contributed by atoms with Crippen molar-refractivity contribution in [3.8, 4) is 0 Å². The van der Waals surface area contributed by atoms with Crippen molar-refractivity contribution >= 4 is 28.1 Å². The Morgan fingerprint density at radius 1 is 0.913 bits per heavy atom. The van der Waals surface area contributed by atoms with Gasteiger partial charge in [-0.25, -0.2) is 4.39 Å². The lowest BCUT2D eigenvalue weighted by Crippen LogP contribution is -2.31. The molecule has 3 nitrogen and oxygen atoms in total. The van der Waals surface area contributed by atoms with Crippen LogP contribution in [-0.4, -0.2) is 11.9 Å². The number of benzene rings is 3. The summed E-state index contributed by atoms with van der Waals surface area (Å²) in [5.74, 6) is -0.505. The Hall–Kier alpha value is -2.88. The van der Waals surface area contributed by atoms with E-state index in [9.17, 15) is 9.18 Å². The van der Waals surface area contributed by atoms with E-state index in [1.807, 2.05) is 42.5 Å². The minimum atomic E-state index is -0.416. The van der Waals surface area contributed by atoms with Crippen molar-refractivity contribution in [2.75, 3.05) is 10.6 Å². The van der Waals surface area contributed by atoms with Crippen LogP contribution in [0.1, 0.15) is 6.92 Å². The number of nitrogens with one attached hydrogen (secondary N) is 2. The van der Waals surface area contributed by atoms with Gasteiger partial charge in [0.1, 0.15) is 11.9 Å². The number of hydrogen-bond donors (Lipinski definition) is 2. The highest BCUT2D eigenvalue weighted by Gasteiger charge is 2.13. The van der Waals surface area contributed by atoms with Gasteiger partial charge < -0.3 is 10.6 Å². The zero-order chi connectivity index (χ0) is 16.2. The fourth-order valence-corrected chi connectivity index (χ4v) is 2.38. The zero-order valence-corrected chi connectivity index (χ0v) is 12.7. The third-order valence-corrected chi connectivity index (χ3v) is 3.64. The lowest BCUT2D eigenvalue weighted by atomic mass is 10.1. The third kappa shape index (κ3) is 3.66. The molecule has 0 unspecified atom stereocenters. The highest BCUT2D eigenvalue weighted by Crippen LogP contribution is 2.19. The summed E-state index contributed by atoms with van der Waals surface area (Å²) >= 11 is 0. The van der Waals surface area contributed by atoms with Gasteiger partial charge in [0.25, 0.3) is 0 Å². The molecule has 0 heterocycles. The molecule has 0 bridgehead atoms. The SMILES string of the molecule is C[C@H](Nc1ccc2ccccc2c1)C(=O)Nc1ccc(F)cc1. The van der Waals surface area contributed by atoms with Crippen LogP contribution in [0, 0.1) is 5.82 Å². The predicted molar refractivity (Wildman–Crippen MR) is 92.1 cm³/mol. The van der Waals surface area contributed by atoms with Crippen molar-refractivity contribution in [2.45, 2.75) is 13.0 Å². The van der Waals surface area contributed by atoms with Gasteiger partial charge in [0, 0.05) is 11.4 Å². The summed E-state index contributed by atoms with van der Waals surface area (Å²) < 4.78 is 12.9. The molecular weight excluding hydrogens is 291 g/mol. The molecule has 23 heavy (non-hydrogen) atoms. The third-order valence-electron chi connectivity index (χ3n) is 3.64. The Morgan fingerprint density at radius 3 is 2.30 bits per heavy atom. The second kappa shape index (κ2) is 6.48. The van der Waals surface area contributed by atoms with Gasteiger partial charge >= 0.3 is 0 Å². The maximum atomic E-state index is 12.9. The molecule has 0 fully saturated rings. The Balaban J connectivity index is 1.68. The van der Waals surface area contributed by atoms with E-state index in [1.54, 1.807) is 6.92 Å². The molecule has 0 radical (unpaired) electrons. The fourth-order valence-electron chi connectivity index (χ4n) is 2.38. The van der Waals surface area contributed by atoms with Crippen molar-refractivity contribution in [1.29, 1.82) is 0 Å². The number of amides is 1. The predicted octanol–water partition coefficient (Wildman–Crippen LogP) is 4.42. The van der Waals surface area contributed by atoms with Crippen molar-refractivity contribution in [3.05, 3.63) is 72.5 Å². The molecular formula is C19H17FN2O. The van der Waals surface area contributed by atoms with E-state index in [0.29, 0.717) is 5.69 Å². The number of hydrogen-bond acceptors (Lipinski definition) is 2. The van der Waals surface area contributed by atoms with Gasteiger partial charge in [0.2, 0.25) is 5.91 Å². The van der Waals surface area contributed by atoms with Crippen molar-refractivity contribution in [2.24, 2.45) is 0 Å². The number of carbonyl (C=O) groups excluding carboxylic acids is 1. The first-order valence-corrected chi connectivity index (χ1v) is 7.43. The zero-order valence-electron chi connectivity index (χ0n) is 12.7. The van der Waals surface area contributed by atoms with Crippen molar-refractivity contribution in [1.82, 2.24) is 0 Å². The first kappa shape index (κ1) is 15.0. The maximum absolute atomic E-state index is 12.9. The van der Waals surface area contributed by atoms with Crippen LogP contribution in [0.5, 0.6) is 0 Å². The van der Waals surface area contributed by atoms with Gasteiger partial charge in [-0.1, -0.05) is 30.3 Å². The van der Waals surface area contributed by atoms with E-state index in [4.69, 9.17) is 0 Å². The van der Waals surface area contributed by atoms with E-state index in [1.165, 1.54) is 24.3 Å². The number of carbonyl (C=O) groups is 1. The molecule has 1 amide bonds. The first-order valence-electron chi connectivity index (χ1n) is 7.43. The summed E-state index contributed by atoms with van der Waals surface area (Å²) in [5.41, 5.74) is 1.45. The van der Waals surface area contributed by atoms with Crippen LogP contribution in [0.4, 0.5) is 15.8 Å². The quantitative estimate of drug-likeness (QED) is 0.749. The highest BCUT2D eigenvalue weighted by atomic mass is 19.1. The van der Waals surface area contributed by atoms with Crippen molar-refractivity contribution < 1.29 is 9.18 Å². The van der Waals surface area contributed by atoms with E-state index in [0.717, 1.165) is 16.5 Å². The molecule has 0 spiro atoms. The summed E-state index contributed by atoms with van der Waals surface area (Å²) in [7, 11) is 0. The lowest BCUT2D eigenvalue weighted by molar-refractivity contribution is -0.116. The van der Waals surface area contributed by atoms with Gasteiger partial charge in [0.05, 0.1) is 0 Å². The van der Waals surface area contributed by atoms with Crippen LogP contribution in [0.15, 0.2) is 66.7 Å². The van der Waals surface area contributed by atoms with Gasteiger partial charge in [-0.3, -0.25) is 4.79 Å². The number of fused-ring (bicyclic) bond motifs is 1. The van der Waals surface area contributed by atoms with Crippen molar-refractivity contribution in [3.63, 3.8) is 0 Å². The smallest absolute Gasteiger partial charge is 0.246 e. The number of rotatable bonds is 4. The summed E-state index contributed by atoms with van der Waals surface area (Å²) in [6, 6.07) is 19.3.